The van der Waals surface area contributed by atoms with E-state index in [4.69, 9.17) is 10.5 Å². The number of benzene rings is 1. The van der Waals surface area contributed by atoms with Crippen LogP contribution in [0.2, 0.25) is 0 Å². The number of anilines is 3. The van der Waals surface area contributed by atoms with E-state index in [-0.39, 0.29) is 6.04 Å². The number of hydrogen-bond donors (Lipinski definition) is 4. The highest BCUT2D eigenvalue weighted by molar-refractivity contribution is 5.92. The lowest BCUT2D eigenvalue weighted by Gasteiger charge is -2.12. The van der Waals surface area contributed by atoms with Gasteiger partial charge >= 0.3 is 0 Å². The molecule has 0 bridgehead atoms. The molecule has 0 saturated heterocycles. The average molecular weight is 313 g/mol. The lowest BCUT2D eigenvalue weighted by atomic mass is 10.2. The Hall–Kier alpha value is -2.71. The van der Waals surface area contributed by atoms with Gasteiger partial charge in [0.2, 0.25) is 5.95 Å². The van der Waals surface area contributed by atoms with Crippen molar-refractivity contribution in [2.75, 3.05) is 30.9 Å². The highest BCUT2D eigenvalue weighted by Gasteiger charge is 2.06. The van der Waals surface area contributed by atoms with Crippen molar-refractivity contribution in [2.45, 2.75) is 6.04 Å². The molecule has 1 atom stereocenters. The molecule has 2 heterocycles. The molecule has 5 N–H and O–H groups in total. The summed E-state index contributed by atoms with van der Waals surface area (Å²) in [5, 5.41) is 14.4. The summed E-state index contributed by atoms with van der Waals surface area (Å²) in [7, 11) is 1.62. The molecule has 0 aliphatic rings. The third-order valence-corrected chi connectivity index (χ3v) is 3.31. The van der Waals surface area contributed by atoms with E-state index in [0.717, 1.165) is 16.6 Å². The zero-order chi connectivity index (χ0) is 16.1. The number of aromatic amines is 1. The SMILES string of the molecule is COC[C@H](N)CNc1nccc(Nc2cccc3[nH]ncc23)n1. The summed E-state index contributed by atoms with van der Waals surface area (Å²) in [5.41, 5.74) is 7.77. The Morgan fingerprint density at radius 2 is 2.26 bits per heavy atom. The summed E-state index contributed by atoms with van der Waals surface area (Å²) in [5.74, 6) is 1.21. The minimum Gasteiger partial charge on any atom is -0.383 e. The fourth-order valence-electron chi connectivity index (χ4n) is 2.22. The fraction of sp³-hybridized carbons (Fsp3) is 0.267. The molecule has 0 amide bonds. The zero-order valence-corrected chi connectivity index (χ0v) is 12.8. The van der Waals surface area contributed by atoms with Gasteiger partial charge in [-0.25, -0.2) is 4.98 Å². The topological polar surface area (TPSA) is 114 Å². The first kappa shape index (κ1) is 15.2. The van der Waals surface area contributed by atoms with Crippen molar-refractivity contribution >= 4 is 28.4 Å². The molecule has 0 saturated carbocycles. The molecule has 0 aliphatic heterocycles. The Morgan fingerprint density at radius 3 is 3.13 bits per heavy atom. The summed E-state index contributed by atoms with van der Waals surface area (Å²) in [6, 6.07) is 7.59. The molecule has 0 fully saturated rings. The van der Waals surface area contributed by atoms with Crippen LogP contribution in [-0.2, 0) is 4.74 Å². The summed E-state index contributed by atoms with van der Waals surface area (Å²) < 4.78 is 5.00. The summed E-state index contributed by atoms with van der Waals surface area (Å²) in [6.07, 6.45) is 3.47. The molecule has 0 radical (unpaired) electrons. The summed E-state index contributed by atoms with van der Waals surface area (Å²) in [6.45, 7) is 1.02. The normalized spacial score (nSPS) is 12.3. The first-order valence-corrected chi connectivity index (χ1v) is 7.27. The lowest BCUT2D eigenvalue weighted by Crippen LogP contribution is -2.33. The molecule has 8 heteroatoms. The third kappa shape index (κ3) is 3.74. The van der Waals surface area contributed by atoms with Gasteiger partial charge in [0.15, 0.2) is 0 Å². The van der Waals surface area contributed by atoms with Gasteiger partial charge in [-0.15, -0.1) is 0 Å². The van der Waals surface area contributed by atoms with Crippen molar-refractivity contribution in [3.05, 3.63) is 36.7 Å². The molecule has 8 nitrogen and oxygen atoms in total. The van der Waals surface area contributed by atoms with E-state index in [1.165, 1.54) is 0 Å². The van der Waals surface area contributed by atoms with Crippen molar-refractivity contribution in [3.63, 3.8) is 0 Å². The second kappa shape index (κ2) is 7.03. The van der Waals surface area contributed by atoms with Gasteiger partial charge in [0.1, 0.15) is 5.82 Å². The van der Waals surface area contributed by atoms with Gasteiger partial charge in [0.25, 0.3) is 0 Å². The molecule has 3 rings (SSSR count). The van der Waals surface area contributed by atoms with Crippen LogP contribution in [0.5, 0.6) is 0 Å². The predicted octanol–water partition coefficient (Wildman–Crippen LogP) is 1.48. The van der Waals surface area contributed by atoms with Gasteiger partial charge in [0.05, 0.1) is 24.0 Å². The average Bonchev–Trinajstić information content (AvgIpc) is 3.03. The minimum atomic E-state index is -0.111. The largest absolute Gasteiger partial charge is 0.383 e. The predicted molar refractivity (Wildman–Crippen MR) is 89.7 cm³/mol. The molecule has 3 aromatic rings. The summed E-state index contributed by atoms with van der Waals surface area (Å²) >= 11 is 0. The van der Waals surface area contributed by atoms with Crippen molar-refractivity contribution < 1.29 is 4.74 Å². The Labute approximate surface area is 133 Å². The number of nitrogens with one attached hydrogen (secondary N) is 3. The number of rotatable bonds is 7. The molecule has 0 unspecified atom stereocenters. The zero-order valence-electron chi connectivity index (χ0n) is 12.8. The molecular weight excluding hydrogens is 294 g/mol. The van der Waals surface area contributed by atoms with E-state index >= 15 is 0 Å². The van der Waals surface area contributed by atoms with Gasteiger partial charge in [-0.1, -0.05) is 6.07 Å². The van der Waals surface area contributed by atoms with Gasteiger partial charge in [-0.05, 0) is 18.2 Å². The number of hydrogen-bond acceptors (Lipinski definition) is 7. The van der Waals surface area contributed by atoms with Crippen LogP contribution in [0.1, 0.15) is 0 Å². The first-order chi connectivity index (χ1) is 11.3. The number of H-pyrrole nitrogens is 1. The highest BCUT2D eigenvalue weighted by atomic mass is 16.5. The van der Waals surface area contributed by atoms with Crippen LogP contribution in [-0.4, -0.2) is 46.5 Å². The third-order valence-electron chi connectivity index (χ3n) is 3.31. The quantitative estimate of drug-likeness (QED) is 0.522. The van der Waals surface area contributed by atoms with Crippen molar-refractivity contribution in [2.24, 2.45) is 5.73 Å². The number of aromatic nitrogens is 4. The minimum absolute atomic E-state index is 0.111. The van der Waals surface area contributed by atoms with Crippen LogP contribution in [0.25, 0.3) is 10.9 Å². The highest BCUT2D eigenvalue weighted by Crippen LogP contribution is 2.24. The van der Waals surface area contributed by atoms with Gasteiger partial charge in [0, 0.05) is 31.3 Å². The molecule has 0 aliphatic carbocycles. The molecular formula is C15H19N7O. The maximum Gasteiger partial charge on any atom is 0.224 e. The Kier molecular flexibility index (Phi) is 4.65. The molecule has 23 heavy (non-hydrogen) atoms. The van der Waals surface area contributed by atoms with E-state index in [1.54, 1.807) is 25.6 Å². The van der Waals surface area contributed by atoms with Gasteiger partial charge < -0.3 is 21.1 Å². The summed E-state index contributed by atoms with van der Waals surface area (Å²) in [4.78, 5) is 8.62. The van der Waals surface area contributed by atoms with Crippen LogP contribution in [0, 0.1) is 0 Å². The van der Waals surface area contributed by atoms with E-state index in [2.05, 4.69) is 30.8 Å². The second-order valence-corrected chi connectivity index (χ2v) is 5.12. The van der Waals surface area contributed by atoms with Gasteiger partial charge in [-0.3, -0.25) is 5.10 Å². The standard InChI is InChI=1S/C15H19N7O/c1-23-9-10(16)7-18-15-17-6-5-14(21-15)20-12-3-2-4-13-11(12)8-19-22-13/h2-6,8,10H,7,9,16H2,1H3,(H,19,22)(H2,17,18,20,21)/t10-/m1/s1. The van der Waals surface area contributed by atoms with Crippen LogP contribution < -0.4 is 16.4 Å². The monoisotopic (exact) mass is 313 g/mol. The maximum absolute atomic E-state index is 5.87. The molecule has 0 spiro atoms. The number of nitrogens with zero attached hydrogens (tertiary/aromatic N) is 3. The molecule has 2 aromatic heterocycles. The van der Waals surface area contributed by atoms with Gasteiger partial charge in [-0.2, -0.15) is 10.1 Å². The van der Waals surface area contributed by atoms with E-state index in [9.17, 15) is 0 Å². The van der Waals surface area contributed by atoms with Crippen molar-refractivity contribution in [3.8, 4) is 0 Å². The fourth-order valence-corrected chi connectivity index (χ4v) is 2.22. The molecule has 1 aromatic carbocycles. The van der Waals surface area contributed by atoms with Crippen LogP contribution in [0.15, 0.2) is 36.7 Å². The smallest absolute Gasteiger partial charge is 0.224 e. The Morgan fingerprint density at radius 1 is 1.35 bits per heavy atom. The molecule has 120 valence electrons. The number of nitrogens with two attached hydrogens (primary N) is 1. The number of methoxy groups -OCH3 is 1. The van der Waals surface area contributed by atoms with Crippen molar-refractivity contribution in [1.29, 1.82) is 0 Å². The number of fused-ring (bicyclic) bond motifs is 1. The van der Waals surface area contributed by atoms with Crippen LogP contribution in [0.4, 0.5) is 17.5 Å². The maximum atomic E-state index is 5.87. The lowest BCUT2D eigenvalue weighted by molar-refractivity contribution is 0.183. The van der Waals surface area contributed by atoms with E-state index in [0.29, 0.717) is 24.9 Å². The van der Waals surface area contributed by atoms with Crippen LogP contribution >= 0.6 is 0 Å². The Bertz CT molecular complexity index is 773. The van der Waals surface area contributed by atoms with Crippen molar-refractivity contribution in [1.82, 2.24) is 20.2 Å². The first-order valence-electron chi connectivity index (χ1n) is 7.27. The van der Waals surface area contributed by atoms with Crippen LogP contribution in [0.3, 0.4) is 0 Å². The van der Waals surface area contributed by atoms with E-state index in [1.807, 2.05) is 18.2 Å². The number of ether oxygens (including phenoxy) is 1. The second-order valence-electron chi connectivity index (χ2n) is 5.12. The van der Waals surface area contributed by atoms with E-state index < -0.39 is 0 Å². The Balaban J connectivity index is 1.71.